The minimum absolute atomic E-state index is 0.196. The molecule has 11 heteroatoms. The molecule has 1 amide bonds. The van der Waals surface area contributed by atoms with Crippen LogP contribution in [0.2, 0.25) is 10.0 Å². The van der Waals surface area contributed by atoms with Crippen LogP contribution >= 0.6 is 31.2 Å². The Hall–Kier alpha value is -1.44. The molecule has 1 aliphatic rings. The van der Waals surface area contributed by atoms with Crippen LogP contribution in [0.1, 0.15) is 77.8 Å². The first-order valence-electron chi connectivity index (χ1n) is 12.3. The summed E-state index contributed by atoms with van der Waals surface area (Å²) in [6.45, 7) is 6.53. The van der Waals surface area contributed by atoms with Gasteiger partial charge < -0.3 is 14.6 Å². The number of nitrogens with zero attached hydrogens (tertiary/aromatic N) is 1. The first-order chi connectivity index (χ1) is 16.9. The van der Waals surface area contributed by atoms with Crippen LogP contribution in [0.4, 0.5) is 4.79 Å². The molecule has 1 aromatic carbocycles. The summed E-state index contributed by atoms with van der Waals surface area (Å²) in [5.41, 5.74) is 0.650. The van der Waals surface area contributed by atoms with Crippen molar-refractivity contribution in [2.24, 2.45) is 17.8 Å². The molecular formula is C25H37Cl2NO7P+. The number of carbonyl (C=O) groups is 2. The monoisotopic (exact) mass is 564 g/mol. The molecule has 0 aliphatic heterocycles. The van der Waals surface area contributed by atoms with Gasteiger partial charge in [0.25, 0.3) is 0 Å². The largest absolute Gasteiger partial charge is 0.505 e. The summed E-state index contributed by atoms with van der Waals surface area (Å²) in [6.07, 6.45) is 1.80. The third kappa shape index (κ3) is 9.46. The van der Waals surface area contributed by atoms with Crippen LogP contribution in [-0.2, 0) is 18.8 Å². The minimum Gasteiger partial charge on any atom is -0.425 e. The highest BCUT2D eigenvalue weighted by molar-refractivity contribution is 7.38. The van der Waals surface area contributed by atoms with E-state index in [2.05, 4.69) is 0 Å². The van der Waals surface area contributed by atoms with E-state index in [4.69, 9.17) is 32.7 Å². The number of halogens is 2. The van der Waals surface area contributed by atoms with E-state index in [0.29, 0.717) is 34.6 Å². The Morgan fingerprint density at radius 1 is 1.11 bits per heavy atom. The van der Waals surface area contributed by atoms with Crippen LogP contribution < -0.4 is 0 Å². The fourth-order valence-electron chi connectivity index (χ4n) is 4.57. The van der Waals surface area contributed by atoms with Crippen LogP contribution in [0.5, 0.6) is 0 Å². The topological polar surface area (TPSA) is 113 Å². The standard InChI is InChI=1S/C25H36Cl2NO7P/c1-15(2)24(30)34-17(4)35-25(31)28(16(3)20-9-10-21(26)22(27)13-20)23(29)11-8-18-6-5-7-19(12-18)14-36(32)33/h9-10,13,15-19,23,29H,5-8,11-12,14H2,1-4H3/p+1/t16-,17?,18?,19?,23?/m0/s1. The van der Waals surface area contributed by atoms with Crippen molar-refractivity contribution in [3.05, 3.63) is 33.8 Å². The lowest BCUT2D eigenvalue weighted by Gasteiger charge is -2.35. The van der Waals surface area contributed by atoms with Crippen LogP contribution in [0, 0.1) is 17.8 Å². The van der Waals surface area contributed by atoms with Crippen LogP contribution in [0.25, 0.3) is 0 Å². The van der Waals surface area contributed by atoms with Gasteiger partial charge in [-0.15, -0.1) is 0 Å². The maximum Gasteiger partial charge on any atom is 0.505 e. The second kappa shape index (κ2) is 14.5. The van der Waals surface area contributed by atoms with Gasteiger partial charge in [-0.1, -0.05) is 56.0 Å². The van der Waals surface area contributed by atoms with E-state index in [1.54, 1.807) is 39.0 Å². The number of esters is 1. The first kappa shape index (κ1) is 30.8. The van der Waals surface area contributed by atoms with Crippen molar-refractivity contribution >= 4 is 43.3 Å². The Bertz CT molecular complexity index is 916. The van der Waals surface area contributed by atoms with E-state index in [1.807, 2.05) is 0 Å². The molecule has 5 unspecified atom stereocenters. The van der Waals surface area contributed by atoms with Gasteiger partial charge in [0, 0.05) is 12.8 Å². The van der Waals surface area contributed by atoms with E-state index in [1.165, 1.54) is 11.8 Å². The fraction of sp³-hybridized carbons (Fsp3) is 0.680. The number of rotatable bonds is 11. The lowest BCUT2D eigenvalue weighted by atomic mass is 9.80. The molecule has 0 spiro atoms. The van der Waals surface area contributed by atoms with Crippen molar-refractivity contribution < 1.29 is 33.6 Å². The van der Waals surface area contributed by atoms with Gasteiger partial charge in [0.05, 0.1) is 22.0 Å². The molecule has 6 atom stereocenters. The maximum atomic E-state index is 13.2. The van der Waals surface area contributed by atoms with Crippen molar-refractivity contribution in [3.8, 4) is 0 Å². The van der Waals surface area contributed by atoms with Gasteiger partial charge in [-0.3, -0.25) is 9.69 Å². The lowest BCUT2D eigenvalue weighted by molar-refractivity contribution is -0.171. The zero-order chi connectivity index (χ0) is 27.0. The van der Waals surface area contributed by atoms with Crippen LogP contribution in [0.15, 0.2) is 18.2 Å². The molecule has 36 heavy (non-hydrogen) atoms. The van der Waals surface area contributed by atoms with Crippen molar-refractivity contribution in [3.63, 3.8) is 0 Å². The number of benzene rings is 1. The summed E-state index contributed by atoms with van der Waals surface area (Å²) in [5, 5.41) is 11.8. The van der Waals surface area contributed by atoms with E-state index in [9.17, 15) is 24.2 Å². The Morgan fingerprint density at radius 3 is 2.39 bits per heavy atom. The van der Waals surface area contributed by atoms with Crippen LogP contribution in [0.3, 0.4) is 0 Å². The van der Waals surface area contributed by atoms with Gasteiger partial charge in [-0.2, -0.15) is 4.89 Å². The van der Waals surface area contributed by atoms with Gasteiger partial charge in [0.15, 0.2) is 6.16 Å². The van der Waals surface area contributed by atoms with Gasteiger partial charge in [0.2, 0.25) is 6.29 Å². The molecule has 1 fully saturated rings. The quantitative estimate of drug-likeness (QED) is 0.175. The molecule has 202 valence electrons. The molecule has 2 N–H and O–H groups in total. The summed E-state index contributed by atoms with van der Waals surface area (Å²) < 4.78 is 21.8. The lowest BCUT2D eigenvalue weighted by Crippen LogP contribution is -2.44. The van der Waals surface area contributed by atoms with E-state index in [-0.39, 0.29) is 17.8 Å². The molecule has 1 saturated carbocycles. The summed E-state index contributed by atoms with van der Waals surface area (Å²) in [7, 11) is -2.17. The van der Waals surface area contributed by atoms with Crippen molar-refractivity contribution in [1.82, 2.24) is 4.90 Å². The zero-order valence-electron chi connectivity index (χ0n) is 21.2. The zero-order valence-corrected chi connectivity index (χ0v) is 23.6. The molecular weight excluding hydrogens is 528 g/mol. The minimum atomic E-state index is -2.17. The van der Waals surface area contributed by atoms with Gasteiger partial charge in [-0.25, -0.2) is 4.79 Å². The van der Waals surface area contributed by atoms with Crippen molar-refractivity contribution in [1.29, 1.82) is 0 Å². The molecule has 8 nitrogen and oxygen atoms in total. The summed E-state index contributed by atoms with van der Waals surface area (Å²) in [5.74, 6) is -0.401. The maximum absolute atomic E-state index is 13.2. The molecule has 0 saturated heterocycles. The van der Waals surface area contributed by atoms with Crippen molar-refractivity contribution in [2.75, 3.05) is 6.16 Å². The van der Waals surface area contributed by atoms with E-state index >= 15 is 0 Å². The van der Waals surface area contributed by atoms with Crippen molar-refractivity contribution in [2.45, 2.75) is 84.8 Å². The number of ether oxygens (including phenoxy) is 2. The average Bonchev–Trinajstić information content (AvgIpc) is 2.79. The highest BCUT2D eigenvalue weighted by atomic mass is 35.5. The van der Waals surface area contributed by atoms with Gasteiger partial charge in [-0.05, 0) is 60.8 Å². The summed E-state index contributed by atoms with van der Waals surface area (Å²) in [6, 6.07) is 4.35. The van der Waals surface area contributed by atoms with Gasteiger partial charge >= 0.3 is 20.1 Å². The molecule has 0 aromatic heterocycles. The van der Waals surface area contributed by atoms with Gasteiger partial charge in [0.1, 0.15) is 6.23 Å². The van der Waals surface area contributed by atoms with E-state index < -0.39 is 38.7 Å². The SMILES string of the molecule is CC(OC(=O)C(C)C)OC(=O)N(C(O)CCC1CCCC(C[P+](=O)O)C1)[C@@H](C)c1ccc(Cl)c(Cl)c1. The number of aliphatic hydroxyl groups excluding tert-OH is 1. The predicted molar refractivity (Wildman–Crippen MR) is 139 cm³/mol. The Labute approximate surface area is 224 Å². The molecule has 0 heterocycles. The normalized spacial score (nSPS) is 20.9. The summed E-state index contributed by atoms with van der Waals surface area (Å²) in [4.78, 5) is 35.5. The molecule has 0 radical (unpaired) electrons. The predicted octanol–water partition coefficient (Wildman–Crippen LogP) is 6.68. The van der Waals surface area contributed by atoms with Crippen LogP contribution in [-0.4, -0.2) is 45.6 Å². The molecule has 0 bridgehead atoms. The average molecular weight is 565 g/mol. The molecule has 1 aromatic rings. The first-order valence-corrected chi connectivity index (χ1v) is 14.5. The smallest absolute Gasteiger partial charge is 0.425 e. The number of carbonyl (C=O) groups excluding carboxylic acids is 2. The Morgan fingerprint density at radius 2 is 1.78 bits per heavy atom. The summed E-state index contributed by atoms with van der Waals surface area (Å²) >= 11 is 12.2. The number of hydrogen-bond donors (Lipinski definition) is 2. The number of hydrogen-bond acceptors (Lipinski definition) is 6. The fourth-order valence-corrected chi connectivity index (χ4v) is 5.65. The highest BCUT2D eigenvalue weighted by Gasteiger charge is 2.33. The Kier molecular flexibility index (Phi) is 12.4. The Balaban J connectivity index is 2.14. The molecule has 2 rings (SSSR count). The number of amides is 1. The third-order valence-corrected chi connectivity index (χ3v) is 8.10. The third-order valence-electron chi connectivity index (χ3n) is 6.53. The number of aliphatic hydroxyl groups is 1. The second-order valence-electron chi connectivity index (χ2n) is 9.79. The van der Waals surface area contributed by atoms with E-state index in [0.717, 1.165) is 25.7 Å². The highest BCUT2D eigenvalue weighted by Crippen LogP contribution is 2.37. The second-order valence-corrected chi connectivity index (χ2v) is 11.7. The molecule has 1 aliphatic carbocycles.